The smallest absolute Gasteiger partial charge is 0.305 e. The predicted molar refractivity (Wildman–Crippen MR) is 102 cm³/mol. The van der Waals surface area contributed by atoms with Crippen molar-refractivity contribution in [3.05, 3.63) is 53.6 Å². The average Bonchev–Trinajstić information content (AvgIpc) is 2.62. The van der Waals surface area contributed by atoms with Gasteiger partial charge < -0.3 is 25.6 Å². The molecule has 0 fully saturated rings. The standard InChI is InChI=1S/C20H24N2O5/c1-3-26-17-9-8-13(11-18(17)27-4-2)16(12-19(23)24)22-20(25)14-6-5-7-15(21)10-14/h5-11,16H,3-4,12,21H2,1-2H3,(H,22,25)(H,23,24). The Balaban J connectivity index is 2.31. The first-order valence-electron chi connectivity index (χ1n) is 8.72. The summed E-state index contributed by atoms with van der Waals surface area (Å²) in [5, 5.41) is 12.0. The van der Waals surface area contributed by atoms with Gasteiger partial charge in [0.15, 0.2) is 11.5 Å². The third-order valence-electron chi connectivity index (χ3n) is 3.80. The third-order valence-corrected chi connectivity index (χ3v) is 3.80. The fraction of sp³-hybridized carbons (Fsp3) is 0.300. The number of nitrogens with two attached hydrogens (primary N) is 1. The van der Waals surface area contributed by atoms with Crippen LogP contribution in [-0.2, 0) is 4.79 Å². The first-order chi connectivity index (χ1) is 12.9. The van der Waals surface area contributed by atoms with Crippen molar-refractivity contribution in [2.24, 2.45) is 0 Å². The van der Waals surface area contributed by atoms with Gasteiger partial charge in [-0.2, -0.15) is 0 Å². The topological polar surface area (TPSA) is 111 Å². The summed E-state index contributed by atoms with van der Waals surface area (Å²) in [5.74, 6) is -0.357. The van der Waals surface area contributed by atoms with Gasteiger partial charge in [-0.25, -0.2) is 0 Å². The molecule has 1 atom stereocenters. The molecule has 1 unspecified atom stereocenters. The quantitative estimate of drug-likeness (QED) is 0.584. The summed E-state index contributed by atoms with van der Waals surface area (Å²) in [7, 11) is 0. The minimum absolute atomic E-state index is 0.270. The van der Waals surface area contributed by atoms with Gasteiger partial charge in [0.05, 0.1) is 25.7 Å². The predicted octanol–water partition coefficient (Wildman–Crippen LogP) is 3.01. The number of aliphatic carboxylic acids is 1. The van der Waals surface area contributed by atoms with Gasteiger partial charge in [0.1, 0.15) is 0 Å². The maximum absolute atomic E-state index is 12.5. The Morgan fingerprint density at radius 3 is 2.41 bits per heavy atom. The molecule has 0 aliphatic rings. The number of amides is 1. The number of ether oxygens (including phenoxy) is 2. The van der Waals surface area contributed by atoms with Crippen LogP contribution in [-0.4, -0.2) is 30.2 Å². The Bertz CT molecular complexity index is 807. The monoisotopic (exact) mass is 372 g/mol. The third kappa shape index (κ3) is 5.64. The molecule has 0 heterocycles. The van der Waals surface area contributed by atoms with Gasteiger partial charge in [-0.3, -0.25) is 9.59 Å². The van der Waals surface area contributed by atoms with Crippen molar-refractivity contribution < 1.29 is 24.2 Å². The number of nitrogens with one attached hydrogen (secondary N) is 1. The molecule has 2 aromatic rings. The highest BCUT2D eigenvalue weighted by molar-refractivity contribution is 5.95. The molecule has 0 aliphatic carbocycles. The first-order valence-corrected chi connectivity index (χ1v) is 8.72. The largest absolute Gasteiger partial charge is 0.490 e. The minimum atomic E-state index is -1.03. The lowest BCUT2D eigenvalue weighted by atomic mass is 10.0. The van der Waals surface area contributed by atoms with Gasteiger partial charge in [0, 0.05) is 11.3 Å². The number of benzene rings is 2. The molecule has 0 spiro atoms. The molecule has 7 nitrogen and oxygen atoms in total. The molecule has 2 aromatic carbocycles. The number of hydrogen-bond acceptors (Lipinski definition) is 5. The molecular weight excluding hydrogens is 348 g/mol. The summed E-state index contributed by atoms with van der Waals surface area (Å²) in [5.41, 5.74) is 7.14. The van der Waals surface area contributed by atoms with E-state index in [0.29, 0.717) is 41.5 Å². The molecular formula is C20H24N2O5. The Hall–Kier alpha value is -3.22. The van der Waals surface area contributed by atoms with Gasteiger partial charge >= 0.3 is 5.97 Å². The summed E-state index contributed by atoms with van der Waals surface area (Å²) in [6.45, 7) is 4.62. The van der Waals surface area contributed by atoms with E-state index in [2.05, 4.69) is 5.32 Å². The molecule has 27 heavy (non-hydrogen) atoms. The van der Waals surface area contributed by atoms with Crippen LogP contribution in [0.3, 0.4) is 0 Å². The van der Waals surface area contributed by atoms with Crippen LogP contribution in [0.1, 0.15) is 42.2 Å². The van der Waals surface area contributed by atoms with Crippen LogP contribution < -0.4 is 20.5 Å². The number of nitrogen functional groups attached to an aromatic ring is 1. The summed E-state index contributed by atoms with van der Waals surface area (Å²) in [6.07, 6.45) is -0.270. The molecule has 0 aromatic heterocycles. The maximum atomic E-state index is 12.5. The van der Waals surface area contributed by atoms with Crippen LogP contribution >= 0.6 is 0 Å². The lowest BCUT2D eigenvalue weighted by Gasteiger charge is -2.20. The second-order valence-electron chi connectivity index (χ2n) is 5.82. The fourth-order valence-electron chi connectivity index (χ4n) is 2.63. The van der Waals surface area contributed by atoms with E-state index in [0.717, 1.165) is 0 Å². The van der Waals surface area contributed by atoms with Gasteiger partial charge in [0.25, 0.3) is 5.91 Å². The Labute approximate surface area is 158 Å². The molecule has 0 radical (unpaired) electrons. The summed E-state index contributed by atoms with van der Waals surface area (Å²) in [6, 6.07) is 10.9. The van der Waals surface area contributed by atoms with Crippen molar-refractivity contribution in [2.75, 3.05) is 18.9 Å². The van der Waals surface area contributed by atoms with Crippen molar-refractivity contribution in [1.29, 1.82) is 0 Å². The minimum Gasteiger partial charge on any atom is -0.490 e. The molecule has 2 rings (SSSR count). The molecule has 7 heteroatoms. The molecule has 1 amide bonds. The van der Waals surface area contributed by atoms with Crippen LogP contribution in [0.15, 0.2) is 42.5 Å². The van der Waals surface area contributed by atoms with Crippen LogP contribution in [0.5, 0.6) is 11.5 Å². The molecule has 0 saturated heterocycles. The number of carbonyl (C=O) groups excluding carboxylic acids is 1. The number of rotatable bonds is 9. The van der Waals surface area contributed by atoms with Crippen molar-refractivity contribution in [2.45, 2.75) is 26.3 Å². The Kier molecular flexibility index (Phi) is 7.05. The number of anilines is 1. The lowest BCUT2D eigenvalue weighted by molar-refractivity contribution is -0.137. The van der Waals surface area contributed by atoms with E-state index in [1.807, 2.05) is 13.8 Å². The molecule has 144 valence electrons. The van der Waals surface area contributed by atoms with Crippen molar-refractivity contribution in [3.8, 4) is 11.5 Å². The first kappa shape index (κ1) is 20.1. The molecule has 4 N–H and O–H groups in total. The maximum Gasteiger partial charge on any atom is 0.305 e. The van der Waals surface area contributed by atoms with Crippen LogP contribution in [0.25, 0.3) is 0 Å². The summed E-state index contributed by atoms with van der Waals surface area (Å²) in [4.78, 5) is 23.8. The normalized spacial score (nSPS) is 11.5. The lowest BCUT2D eigenvalue weighted by Crippen LogP contribution is -2.30. The second-order valence-corrected chi connectivity index (χ2v) is 5.82. The van der Waals surface area contributed by atoms with Crippen molar-refractivity contribution >= 4 is 17.6 Å². The summed E-state index contributed by atoms with van der Waals surface area (Å²) < 4.78 is 11.1. The van der Waals surface area contributed by atoms with Crippen LogP contribution in [0, 0.1) is 0 Å². The van der Waals surface area contributed by atoms with Crippen LogP contribution in [0.4, 0.5) is 5.69 Å². The fourth-order valence-corrected chi connectivity index (χ4v) is 2.63. The van der Waals surface area contributed by atoms with Gasteiger partial charge in [-0.05, 0) is 49.7 Å². The Morgan fingerprint density at radius 1 is 1.07 bits per heavy atom. The van der Waals surface area contributed by atoms with E-state index >= 15 is 0 Å². The molecule has 0 aliphatic heterocycles. The van der Waals surface area contributed by atoms with Gasteiger partial charge in [0.2, 0.25) is 0 Å². The highest BCUT2D eigenvalue weighted by Gasteiger charge is 2.21. The highest BCUT2D eigenvalue weighted by atomic mass is 16.5. The molecule has 0 saturated carbocycles. The van der Waals surface area contributed by atoms with Crippen molar-refractivity contribution in [3.63, 3.8) is 0 Å². The summed E-state index contributed by atoms with van der Waals surface area (Å²) >= 11 is 0. The average molecular weight is 372 g/mol. The van der Waals surface area contributed by atoms with Gasteiger partial charge in [-0.15, -0.1) is 0 Å². The molecule has 0 bridgehead atoms. The van der Waals surface area contributed by atoms with Gasteiger partial charge in [-0.1, -0.05) is 12.1 Å². The number of carboxylic acid groups (broad SMARTS) is 1. The number of hydrogen-bond donors (Lipinski definition) is 3. The second kappa shape index (κ2) is 9.47. The zero-order valence-corrected chi connectivity index (χ0v) is 15.4. The Morgan fingerprint density at radius 2 is 1.78 bits per heavy atom. The van der Waals surface area contributed by atoms with Crippen LogP contribution in [0.2, 0.25) is 0 Å². The van der Waals surface area contributed by atoms with E-state index < -0.39 is 17.9 Å². The van der Waals surface area contributed by atoms with E-state index in [4.69, 9.17) is 15.2 Å². The number of carbonyl (C=O) groups is 2. The van der Waals surface area contributed by atoms with E-state index in [1.165, 1.54) is 6.07 Å². The van der Waals surface area contributed by atoms with E-state index in [9.17, 15) is 14.7 Å². The zero-order chi connectivity index (χ0) is 19.8. The SMILES string of the molecule is CCOc1ccc(C(CC(=O)O)NC(=O)c2cccc(N)c2)cc1OCC. The van der Waals surface area contributed by atoms with Crippen molar-refractivity contribution in [1.82, 2.24) is 5.32 Å². The zero-order valence-electron chi connectivity index (χ0n) is 15.4. The highest BCUT2D eigenvalue weighted by Crippen LogP contribution is 2.32. The number of carboxylic acids is 1. The van der Waals surface area contributed by atoms with E-state index in [-0.39, 0.29) is 6.42 Å². The van der Waals surface area contributed by atoms with E-state index in [1.54, 1.807) is 36.4 Å².